The van der Waals surface area contributed by atoms with E-state index in [1.807, 2.05) is 13.8 Å². The van der Waals surface area contributed by atoms with Gasteiger partial charge in [-0.25, -0.2) is 4.57 Å². The molecule has 0 aromatic carbocycles. The molecule has 12 heteroatoms. The molecule has 0 unspecified atom stereocenters. The molecular formula is C8H18F3N2O6P. The van der Waals surface area contributed by atoms with E-state index in [0.717, 1.165) is 13.1 Å². The van der Waals surface area contributed by atoms with Gasteiger partial charge in [0.05, 0.1) is 0 Å². The van der Waals surface area contributed by atoms with E-state index in [4.69, 9.17) is 9.79 Å². The summed E-state index contributed by atoms with van der Waals surface area (Å²) in [6, 6.07) is 0. The first-order chi connectivity index (χ1) is 9.04. The highest BCUT2D eigenvalue weighted by atomic mass is 31.2. The topological polar surface area (TPSA) is 125 Å². The SMILES string of the molecule is CCNC=O.CCNC=O.O=P(O)(O)OCC(F)(F)F. The monoisotopic (exact) mass is 326 g/mol. The second-order valence-electron chi connectivity index (χ2n) is 2.73. The van der Waals surface area contributed by atoms with E-state index in [0.29, 0.717) is 12.8 Å². The van der Waals surface area contributed by atoms with Gasteiger partial charge < -0.3 is 20.4 Å². The summed E-state index contributed by atoms with van der Waals surface area (Å²) in [5.41, 5.74) is 0. The number of amides is 2. The summed E-state index contributed by atoms with van der Waals surface area (Å²) >= 11 is 0. The maximum Gasteiger partial charge on any atom is 0.469 e. The molecule has 0 fully saturated rings. The molecule has 0 aliphatic heterocycles. The summed E-state index contributed by atoms with van der Waals surface area (Å²) < 4.78 is 46.1. The number of nitrogens with one attached hydrogen (secondary N) is 2. The highest BCUT2D eigenvalue weighted by molar-refractivity contribution is 7.46. The van der Waals surface area contributed by atoms with Gasteiger partial charge in [-0.3, -0.25) is 14.1 Å². The predicted molar refractivity (Wildman–Crippen MR) is 63.5 cm³/mol. The van der Waals surface area contributed by atoms with Crippen LogP contribution in [0.1, 0.15) is 13.8 Å². The Kier molecular flexibility index (Phi) is 17.0. The van der Waals surface area contributed by atoms with Crippen molar-refractivity contribution in [3.05, 3.63) is 0 Å². The van der Waals surface area contributed by atoms with E-state index in [1.54, 1.807) is 0 Å². The van der Waals surface area contributed by atoms with Gasteiger partial charge in [-0.2, -0.15) is 13.2 Å². The van der Waals surface area contributed by atoms with Crippen LogP contribution in [0.5, 0.6) is 0 Å². The summed E-state index contributed by atoms with van der Waals surface area (Å²) in [4.78, 5) is 34.1. The number of hydrogen-bond donors (Lipinski definition) is 4. The van der Waals surface area contributed by atoms with E-state index in [9.17, 15) is 27.3 Å². The number of carbonyl (C=O) groups excluding carboxylic acids is 2. The van der Waals surface area contributed by atoms with Crippen LogP contribution >= 0.6 is 7.82 Å². The molecular weight excluding hydrogens is 308 g/mol. The molecule has 20 heavy (non-hydrogen) atoms. The van der Waals surface area contributed by atoms with E-state index in [-0.39, 0.29) is 0 Å². The lowest BCUT2D eigenvalue weighted by atomic mass is 10.7. The van der Waals surface area contributed by atoms with Gasteiger partial charge in [0.2, 0.25) is 12.8 Å². The number of alkyl halides is 3. The summed E-state index contributed by atoms with van der Waals surface area (Å²) in [6.07, 6.45) is -3.35. The lowest BCUT2D eigenvalue weighted by Crippen LogP contribution is -2.15. The van der Waals surface area contributed by atoms with Crippen molar-refractivity contribution in [3.63, 3.8) is 0 Å². The van der Waals surface area contributed by atoms with Crippen molar-refractivity contribution in [2.45, 2.75) is 20.0 Å². The van der Waals surface area contributed by atoms with Gasteiger partial charge in [-0.05, 0) is 13.8 Å². The maximum absolute atomic E-state index is 11.1. The summed E-state index contributed by atoms with van der Waals surface area (Å²) in [7, 11) is -4.98. The van der Waals surface area contributed by atoms with Gasteiger partial charge in [0.1, 0.15) is 0 Å². The molecule has 0 atom stereocenters. The zero-order valence-corrected chi connectivity index (χ0v) is 11.8. The highest BCUT2D eigenvalue weighted by Crippen LogP contribution is 2.37. The fourth-order valence-electron chi connectivity index (χ4n) is 0.324. The minimum absolute atomic E-state index is 0.681. The van der Waals surface area contributed by atoms with Crippen LogP contribution < -0.4 is 10.6 Å². The van der Waals surface area contributed by atoms with E-state index in [1.165, 1.54) is 0 Å². The van der Waals surface area contributed by atoms with Gasteiger partial charge in [0, 0.05) is 13.1 Å². The van der Waals surface area contributed by atoms with E-state index in [2.05, 4.69) is 15.2 Å². The molecule has 0 saturated heterocycles. The molecule has 0 saturated carbocycles. The Hall–Kier alpha value is -1.16. The standard InChI is InChI=1S/2C3H7NO.C2H4F3O4P/c2*1-2-4-3-5;3-2(4,5)1-9-10(6,7)8/h2*3H,2H2,1H3,(H,4,5);1H2,(H2,6,7,8). The van der Waals surface area contributed by atoms with Gasteiger partial charge in [-0.15, -0.1) is 0 Å². The fraction of sp³-hybridized carbons (Fsp3) is 0.750. The Morgan fingerprint density at radius 2 is 1.45 bits per heavy atom. The smallest absolute Gasteiger partial charge is 0.359 e. The molecule has 0 aliphatic rings. The second-order valence-corrected chi connectivity index (χ2v) is 3.97. The van der Waals surface area contributed by atoms with Crippen LogP contribution in [-0.4, -0.2) is 48.5 Å². The van der Waals surface area contributed by atoms with Crippen LogP contribution in [0, 0.1) is 0 Å². The quantitative estimate of drug-likeness (QED) is 0.407. The van der Waals surface area contributed by atoms with Crippen LogP contribution in [-0.2, 0) is 18.7 Å². The third-order valence-corrected chi connectivity index (χ3v) is 1.44. The van der Waals surface area contributed by atoms with Gasteiger partial charge in [-0.1, -0.05) is 0 Å². The number of phosphoric acid groups is 1. The molecule has 0 rings (SSSR count). The third-order valence-electron chi connectivity index (χ3n) is 0.971. The van der Waals surface area contributed by atoms with Crippen LogP contribution in [0.3, 0.4) is 0 Å². The summed E-state index contributed by atoms with van der Waals surface area (Å²) in [5, 5.41) is 4.86. The molecule has 2 amide bonds. The van der Waals surface area contributed by atoms with Crippen molar-refractivity contribution >= 4 is 20.6 Å². The van der Waals surface area contributed by atoms with Crippen LogP contribution in [0.2, 0.25) is 0 Å². The van der Waals surface area contributed by atoms with Crippen molar-refractivity contribution < 1.29 is 41.6 Å². The molecule has 0 bridgehead atoms. The summed E-state index contributed by atoms with van der Waals surface area (Å²) in [6.45, 7) is 3.26. The van der Waals surface area contributed by atoms with E-state index >= 15 is 0 Å². The molecule has 0 aliphatic carbocycles. The average Bonchev–Trinajstić information content (AvgIpc) is 2.29. The van der Waals surface area contributed by atoms with Crippen molar-refractivity contribution in [2.75, 3.05) is 19.7 Å². The van der Waals surface area contributed by atoms with Gasteiger partial charge >= 0.3 is 14.0 Å². The van der Waals surface area contributed by atoms with Crippen molar-refractivity contribution in [2.24, 2.45) is 0 Å². The number of rotatable bonds is 6. The van der Waals surface area contributed by atoms with Crippen LogP contribution in [0.15, 0.2) is 0 Å². The Balaban J connectivity index is -0.000000244. The zero-order chi connectivity index (χ0) is 16.7. The molecule has 0 heterocycles. The fourth-order valence-corrected chi connectivity index (χ4v) is 0.639. The van der Waals surface area contributed by atoms with Crippen molar-refractivity contribution in [1.29, 1.82) is 0 Å². The van der Waals surface area contributed by atoms with E-state index < -0.39 is 20.6 Å². The Labute approximate surface area is 113 Å². The first-order valence-corrected chi connectivity index (χ1v) is 6.67. The largest absolute Gasteiger partial charge is 0.469 e. The number of hydrogen-bond acceptors (Lipinski definition) is 4. The predicted octanol–water partition coefficient (Wildman–Crippen LogP) is 0.163. The molecule has 0 aromatic rings. The third kappa shape index (κ3) is 43.6. The molecule has 0 radical (unpaired) electrons. The van der Waals surface area contributed by atoms with Crippen LogP contribution in [0.4, 0.5) is 13.2 Å². The Morgan fingerprint density at radius 3 is 1.50 bits per heavy atom. The Morgan fingerprint density at radius 1 is 1.10 bits per heavy atom. The lowest BCUT2D eigenvalue weighted by molar-refractivity contribution is -0.156. The van der Waals surface area contributed by atoms with Crippen molar-refractivity contribution in [3.8, 4) is 0 Å². The molecule has 0 spiro atoms. The average molecular weight is 326 g/mol. The van der Waals surface area contributed by atoms with Gasteiger partial charge in [0.25, 0.3) is 0 Å². The normalized spacial score (nSPS) is 10.2. The first-order valence-electron chi connectivity index (χ1n) is 5.14. The molecule has 0 aromatic heterocycles. The molecule has 122 valence electrons. The minimum atomic E-state index is -4.98. The number of carbonyl (C=O) groups is 2. The zero-order valence-electron chi connectivity index (χ0n) is 10.9. The number of halogens is 3. The first kappa shape index (κ1) is 23.9. The number of phosphoric ester groups is 1. The van der Waals surface area contributed by atoms with Crippen LogP contribution in [0.25, 0.3) is 0 Å². The molecule has 8 nitrogen and oxygen atoms in total. The second kappa shape index (κ2) is 14.3. The Bertz CT molecular complexity index is 274. The molecule has 4 N–H and O–H groups in total. The van der Waals surface area contributed by atoms with Crippen molar-refractivity contribution in [1.82, 2.24) is 10.6 Å². The van der Waals surface area contributed by atoms with Gasteiger partial charge in [0.15, 0.2) is 6.61 Å². The lowest BCUT2D eigenvalue weighted by Gasteiger charge is -2.07. The maximum atomic E-state index is 11.1. The summed E-state index contributed by atoms with van der Waals surface area (Å²) in [5.74, 6) is 0. The minimum Gasteiger partial charge on any atom is -0.359 e. The highest BCUT2D eigenvalue weighted by Gasteiger charge is 2.31.